The number of ether oxygens (including phenoxy) is 1. The number of benzene rings is 6. The summed E-state index contributed by atoms with van der Waals surface area (Å²) in [6.07, 6.45) is 0. The predicted molar refractivity (Wildman–Crippen MR) is 190 cm³/mol. The highest BCUT2D eigenvalue weighted by Gasteiger charge is 2.41. The van der Waals surface area contributed by atoms with Crippen molar-refractivity contribution >= 4 is 61.4 Å². The van der Waals surface area contributed by atoms with E-state index in [-0.39, 0.29) is 8.46 Å². The largest absolute Gasteiger partial charge is 0.455 e. The van der Waals surface area contributed by atoms with Gasteiger partial charge in [-0.25, -0.2) is 0 Å². The van der Waals surface area contributed by atoms with Crippen LogP contribution in [-0.2, 0) is 9.98 Å². The van der Waals surface area contributed by atoms with E-state index in [0.717, 1.165) is 33.2 Å². The van der Waals surface area contributed by atoms with Crippen LogP contribution in [-0.4, -0.2) is 0 Å². The average molecular weight is 625 g/mol. The van der Waals surface area contributed by atoms with Crippen molar-refractivity contribution in [2.45, 2.75) is 19.3 Å². The molecule has 2 nitrogen and oxygen atoms in total. The van der Waals surface area contributed by atoms with Gasteiger partial charge in [-0.05, 0) is 49.2 Å². The number of hydrogen-bond donors (Lipinski definition) is 0. The van der Waals surface area contributed by atoms with Crippen molar-refractivity contribution in [1.82, 2.24) is 0 Å². The van der Waals surface area contributed by atoms with E-state index in [2.05, 4.69) is 159 Å². The van der Waals surface area contributed by atoms with Gasteiger partial charge in [0.15, 0.2) is 8.46 Å². The highest BCUT2D eigenvalue weighted by atomic mass is 31.1. The molecule has 44 heavy (non-hydrogen) atoms. The Kier molecular flexibility index (Phi) is 8.01. The van der Waals surface area contributed by atoms with Crippen LogP contribution >= 0.6 is 24.3 Å². The predicted octanol–water partition coefficient (Wildman–Crippen LogP) is 7.55. The second-order valence-corrected chi connectivity index (χ2v) is 16.3. The smallest absolute Gasteiger partial charge is 0.192 e. The van der Waals surface area contributed by atoms with Crippen LogP contribution in [0.2, 0.25) is 0 Å². The van der Waals surface area contributed by atoms with Gasteiger partial charge in [0.2, 0.25) is 0 Å². The number of hydrogen-bond acceptors (Lipinski definition) is 2. The van der Waals surface area contributed by atoms with E-state index in [0.29, 0.717) is 0 Å². The fourth-order valence-corrected chi connectivity index (χ4v) is 11.6. The van der Waals surface area contributed by atoms with Crippen LogP contribution in [0.25, 0.3) is 0 Å². The molecule has 0 saturated heterocycles. The molecule has 0 fully saturated rings. The first-order valence-electron chi connectivity index (χ1n) is 14.7. The zero-order valence-electron chi connectivity index (χ0n) is 24.6. The Bertz CT molecular complexity index is 1850. The van der Waals surface area contributed by atoms with Gasteiger partial charge in [0.05, 0.1) is 5.30 Å². The Morgan fingerprint density at radius 3 is 1.36 bits per heavy atom. The lowest BCUT2D eigenvalue weighted by Gasteiger charge is -2.39. The average Bonchev–Trinajstić information content (AvgIpc) is 3.07. The maximum absolute atomic E-state index is 12.7. The Labute approximate surface area is 263 Å². The molecule has 0 radical (unpaired) electrons. The van der Waals surface area contributed by atoms with Gasteiger partial charge in [0, 0.05) is 27.2 Å². The first kappa shape index (κ1) is 28.8. The lowest BCUT2D eigenvalue weighted by Crippen LogP contribution is -2.36. The molecule has 6 aromatic carbocycles. The normalized spacial score (nSPS) is 13.4. The molecule has 0 N–H and O–H groups in total. The molecule has 5 heteroatoms. The van der Waals surface area contributed by atoms with Crippen LogP contribution in [0.1, 0.15) is 25.0 Å². The van der Waals surface area contributed by atoms with Gasteiger partial charge < -0.3 is 4.74 Å². The molecule has 0 amide bonds. The molecule has 0 aliphatic carbocycles. The third-order valence-electron chi connectivity index (χ3n) is 8.25. The number of para-hydroxylation sites is 1. The molecule has 0 atom stereocenters. The van der Waals surface area contributed by atoms with Crippen molar-refractivity contribution in [3.05, 3.63) is 163 Å². The van der Waals surface area contributed by atoms with Crippen molar-refractivity contribution in [3.63, 3.8) is 0 Å². The summed E-state index contributed by atoms with van der Waals surface area (Å²) < 4.78 is 19.9. The van der Waals surface area contributed by atoms with Crippen molar-refractivity contribution in [2.24, 2.45) is 0 Å². The molecule has 6 aromatic rings. The minimum atomic E-state index is -0.946. The quantitative estimate of drug-likeness (QED) is 0.172. The van der Waals surface area contributed by atoms with E-state index in [9.17, 15) is 4.57 Å². The lowest BCUT2D eigenvalue weighted by atomic mass is 9.75. The monoisotopic (exact) mass is 624 g/mol. The zero-order chi connectivity index (χ0) is 30.1. The van der Waals surface area contributed by atoms with Gasteiger partial charge in [0.1, 0.15) is 11.5 Å². The summed E-state index contributed by atoms with van der Waals surface area (Å²) in [5.74, 6) is 1.76. The fraction of sp³-hybridized carbons (Fsp3) is 0.0769. The molecule has 0 saturated carbocycles. The van der Waals surface area contributed by atoms with E-state index in [1.807, 2.05) is 6.07 Å². The summed E-state index contributed by atoms with van der Waals surface area (Å²) >= 11 is 0. The Morgan fingerprint density at radius 2 is 0.932 bits per heavy atom. The Balaban J connectivity index is 1.49. The van der Waals surface area contributed by atoms with Gasteiger partial charge in [-0.1, -0.05) is 153 Å². The molecule has 0 unspecified atom stereocenters. The molecule has 0 aromatic heterocycles. The topological polar surface area (TPSA) is 26.3 Å². The van der Waals surface area contributed by atoms with E-state index in [1.165, 1.54) is 26.5 Å². The minimum Gasteiger partial charge on any atom is -0.455 e. The van der Waals surface area contributed by atoms with Crippen LogP contribution < -0.4 is 41.9 Å². The SMILES string of the molecule is CC1(C)c2cccc(P(c3ccccc3)c3ccccc3)c2Oc2c(P(c3ccccc3)c3ccccc3)ccc(P=O)c21. The maximum Gasteiger partial charge on any atom is 0.192 e. The molecule has 7 rings (SSSR count). The summed E-state index contributed by atoms with van der Waals surface area (Å²) in [6.45, 7) is 4.49. The summed E-state index contributed by atoms with van der Waals surface area (Å²) in [5, 5.41) is 8.15. The Morgan fingerprint density at radius 1 is 0.500 bits per heavy atom. The van der Waals surface area contributed by atoms with Gasteiger partial charge in [-0.15, -0.1) is 0 Å². The second-order valence-electron chi connectivity index (χ2n) is 11.3. The van der Waals surface area contributed by atoms with Gasteiger partial charge in [-0.3, -0.25) is 4.57 Å². The first-order chi connectivity index (χ1) is 21.6. The summed E-state index contributed by atoms with van der Waals surface area (Å²) in [6, 6.07) is 53.7. The molecule has 0 spiro atoms. The summed E-state index contributed by atoms with van der Waals surface area (Å²) in [7, 11) is -1.85. The van der Waals surface area contributed by atoms with Gasteiger partial charge >= 0.3 is 0 Å². The van der Waals surface area contributed by atoms with E-state index in [1.54, 1.807) is 0 Å². The van der Waals surface area contributed by atoms with Gasteiger partial charge in [-0.2, -0.15) is 0 Å². The van der Waals surface area contributed by atoms with E-state index >= 15 is 0 Å². The van der Waals surface area contributed by atoms with Crippen molar-refractivity contribution < 1.29 is 9.30 Å². The summed E-state index contributed by atoms with van der Waals surface area (Å²) in [5.41, 5.74) is 1.68. The fourth-order valence-electron chi connectivity index (χ4n) is 6.22. The van der Waals surface area contributed by atoms with Crippen LogP contribution in [0.4, 0.5) is 0 Å². The van der Waals surface area contributed by atoms with E-state index in [4.69, 9.17) is 4.74 Å². The van der Waals surface area contributed by atoms with Crippen LogP contribution in [0.15, 0.2) is 152 Å². The third kappa shape index (κ3) is 5.12. The van der Waals surface area contributed by atoms with Crippen molar-refractivity contribution in [2.75, 3.05) is 0 Å². The highest BCUT2D eigenvalue weighted by molar-refractivity contribution is 7.80. The highest BCUT2D eigenvalue weighted by Crippen LogP contribution is 2.52. The maximum atomic E-state index is 12.7. The first-order valence-corrected chi connectivity index (χ1v) is 18.2. The zero-order valence-corrected chi connectivity index (χ0v) is 27.3. The molecule has 1 aliphatic rings. The Hall–Kier alpha value is -3.92. The molecule has 214 valence electrons. The molecular weight excluding hydrogens is 593 g/mol. The van der Waals surface area contributed by atoms with Crippen LogP contribution in [0, 0.1) is 0 Å². The van der Waals surface area contributed by atoms with Crippen molar-refractivity contribution in [3.8, 4) is 11.5 Å². The molecule has 0 bridgehead atoms. The van der Waals surface area contributed by atoms with Gasteiger partial charge in [0.25, 0.3) is 0 Å². The third-order valence-corrected chi connectivity index (χ3v) is 13.7. The number of rotatable bonds is 7. The van der Waals surface area contributed by atoms with Crippen molar-refractivity contribution in [1.29, 1.82) is 0 Å². The van der Waals surface area contributed by atoms with Crippen LogP contribution in [0.3, 0.4) is 0 Å². The molecule has 1 heterocycles. The molecular formula is C39H31O2P3. The number of fused-ring (bicyclic) bond motifs is 2. The second kappa shape index (κ2) is 12.2. The van der Waals surface area contributed by atoms with E-state index < -0.39 is 21.3 Å². The minimum absolute atomic E-state index is 0.00863. The van der Waals surface area contributed by atoms with Crippen LogP contribution in [0.5, 0.6) is 11.5 Å². The standard InChI is InChI=1S/C39H31O2P3/c1-39(2)32-24-15-25-34(43(28-16-7-3-8-17-28)29-18-9-4-10-19-29)37(32)41-38-35(27-26-33(42-40)36(38)39)44(30-20-11-5-12-21-30)31-22-13-6-14-23-31/h3-27H,1-2H3. The summed E-state index contributed by atoms with van der Waals surface area (Å²) in [4.78, 5) is 0. The lowest BCUT2D eigenvalue weighted by molar-refractivity contribution is 0.426. The molecule has 1 aliphatic heterocycles.